The standard InChI is InChI=1S/C12H15ClN4O/c1-3-10-9(7-14)15-16-17(10)11-6-8(13)4-5-12(11)18-2/h4-6H,3,7,14H2,1-2H3. The van der Waals surface area contributed by atoms with E-state index in [1.54, 1.807) is 30.0 Å². The van der Waals surface area contributed by atoms with E-state index in [1.807, 2.05) is 6.92 Å². The van der Waals surface area contributed by atoms with E-state index >= 15 is 0 Å². The van der Waals surface area contributed by atoms with Crippen LogP contribution in [0.3, 0.4) is 0 Å². The van der Waals surface area contributed by atoms with Crippen LogP contribution < -0.4 is 10.5 Å². The summed E-state index contributed by atoms with van der Waals surface area (Å²) in [6.07, 6.45) is 0.787. The first-order valence-corrected chi connectivity index (χ1v) is 6.06. The van der Waals surface area contributed by atoms with Crippen molar-refractivity contribution in [3.05, 3.63) is 34.6 Å². The Labute approximate surface area is 111 Å². The van der Waals surface area contributed by atoms with Crippen LogP contribution in [-0.2, 0) is 13.0 Å². The van der Waals surface area contributed by atoms with E-state index in [0.29, 0.717) is 17.3 Å². The minimum atomic E-state index is 0.367. The molecule has 0 atom stereocenters. The van der Waals surface area contributed by atoms with E-state index in [1.165, 1.54) is 0 Å². The Bertz CT molecular complexity index is 553. The zero-order valence-electron chi connectivity index (χ0n) is 10.4. The van der Waals surface area contributed by atoms with Crippen LogP contribution in [0.5, 0.6) is 5.75 Å². The molecule has 1 aromatic carbocycles. The molecule has 5 nitrogen and oxygen atoms in total. The maximum atomic E-state index is 6.02. The fourth-order valence-electron chi connectivity index (χ4n) is 1.87. The zero-order valence-corrected chi connectivity index (χ0v) is 11.1. The zero-order chi connectivity index (χ0) is 13.1. The predicted octanol–water partition coefficient (Wildman–Crippen LogP) is 1.95. The van der Waals surface area contributed by atoms with Gasteiger partial charge in [-0.3, -0.25) is 0 Å². The number of benzene rings is 1. The number of nitrogens with zero attached hydrogens (tertiary/aromatic N) is 3. The van der Waals surface area contributed by atoms with E-state index < -0.39 is 0 Å². The van der Waals surface area contributed by atoms with E-state index in [0.717, 1.165) is 23.5 Å². The lowest BCUT2D eigenvalue weighted by atomic mass is 10.2. The van der Waals surface area contributed by atoms with Gasteiger partial charge in [0.15, 0.2) is 0 Å². The molecule has 0 saturated carbocycles. The van der Waals surface area contributed by atoms with Crippen LogP contribution >= 0.6 is 11.6 Å². The average Bonchev–Trinajstić information content (AvgIpc) is 2.81. The highest BCUT2D eigenvalue weighted by atomic mass is 35.5. The first-order valence-electron chi connectivity index (χ1n) is 5.68. The van der Waals surface area contributed by atoms with Gasteiger partial charge in [-0.2, -0.15) is 0 Å². The number of hydrogen-bond acceptors (Lipinski definition) is 4. The van der Waals surface area contributed by atoms with Crippen molar-refractivity contribution in [2.45, 2.75) is 19.9 Å². The number of halogens is 1. The molecule has 0 fully saturated rings. The van der Waals surface area contributed by atoms with E-state index in [9.17, 15) is 0 Å². The van der Waals surface area contributed by atoms with Crippen LogP contribution in [0, 0.1) is 0 Å². The second-order valence-corrected chi connectivity index (χ2v) is 4.20. The molecule has 1 aromatic heterocycles. The molecule has 2 rings (SSSR count). The lowest BCUT2D eigenvalue weighted by Crippen LogP contribution is -2.06. The van der Waals surface area contributed by atoms with Gasteiger partial charge in [-0.15, -0.1) is 5.10 Å². The number of aromatic nitrogens is 3. The second-order valence-electron chi connectivity index (χ2n) is 3.77. The topological polar surface area (TPSA) is 66.0 Å². The molecular weight excluding hydrogens is 252 g/mol. The van der Waals surface area contributed by atoms with Gasteiger partial charge in [0.1, 0.15) is 11.4 Å². The van der Waals surface area contributed by atoms with Crippen molar-refractivity contribution >= 4 is 11.6 Å². The molecule has 0 bridgehead atoms. The molecule has 1 heterocycles. The summed E-state index contributed by atoms with van der Waals surface area (Å²) in [5.41, 5.74) is 8.18. The van der Waals surface area contributed by atoms with Gasteiger partial charge >= 0.3 is 0 Å². The first-order chi connectivity index (χ1) is 8.71. The summed E-state index contributed by atoms with van der Waals surface area (Å²) in [6, 6.07) is 5.38. The maximum absolute atomic E-state index is 6.02. The summed E-state index contributed by atoms with van der Waals surface area (Å²) >= 11 is 6.02. The third kappa shape index (κ3) is 2.19. The van der Waals surface area contributed by atoms with Crippen LogP contribution in [-0.4, -0.2) is 22.1 Å². The van der Waals surface area contributed by atoms with Crippen molar-refractivity contribution in [2.24, 2.45) is 5.73 Å². The van der Waals surface area contributed by atoms with E-state index in [-0.39, 0.29) is 0 Å². The largest absolute Gasteiger partial charge is 0.494 e. The smallest absolute Gasteiger partial charge is 0.144 e. The second kappa shape index (κ2) is 5.37. The third-order valence-electron chi connectivity index (χ3n) is 2.74. The number of methoxy groups -OCH3 is 1. The normalized spacial score (nSPS) is 10.7. The van der Waals surface area contributed by atoms with Crippen molar-refractivity contribution in [2.75, 3.05) is 7.11 Å². The SMILES string of the molecule is CCc1c(CN)nnn1-c1cc(Cl)ccc1OC. The summed E-state index contributed by atoms with van der Waals surface area (Å²) in [4.78, 5) is 0. The molecule has 96 valence electrons. The van der Waals surface area contributed by atoms with Crippen molar-refractivity contribution in [3.63, 3.8) is 0 Å². The molecule has 0 aliphatic rings. The molecule has 0 saturated heterocycles. The summed E-state index contributed by atoms with van der Waals surface area (Å²) in [6.45, 7) is 2.40. The van der Waals surface area contributed by atoms with Gasteiger partial charge in [-0.1, -0.05) is 23.7 Å². The Kier molecular flexibility index (Phi) is 3.84. The van der Waals surface area contributed by atoms with Gasteiger partial charge in [-0.05, 0) is 24.6 Å². The molecule has 0 aliphatic heterocycles. The molecule has 2 N–H and O–H groups in total. The summed E-state index contributed by atoms with van der Waals surface area (Å²) < 4.78 is 7.05. The highest BCUT2D eigenvalue weighted by Gasteiger charge is 2.15. The minimum absolute atomic E-state index is 0.367. The van der Waals surface area contributed by atoms with Crippen molar-refractivity contribution in [1.29, 1.82) is 0 Å². The van der Waals surface area contributed by atoms with Gasteiger partial charge in [0.2, 0.25) is 0 Å². The maximum Gasteiger partial charge on any atom is 0.144 e. The lowest BCUT2D eigenvalue weighted by Gasteiger charge is -2.10. The van der Waals surface area contributed by atoms with Crippen LogP contribution in [0.25, 0.3) is 5.69 Å². The van der Waals surface area contributed by atoms with E-state index in [2.05, 4.69) is 10.3 Å². The first kappa shape index (κ1) is 12.9. The van der Waals surface area contributed by atoms with Gasteiger partial charge < -0.3 is 10.5 Å². The Hall–Kier alpha value is -1.59. The number of rotatable bonds is 4. The molecule has 6 heteroatoms. The fraction of sp³-hybridized carbons (Fsp3) is 0.333. The van der Waals surface area contributed by atoms with Crippen molar-refractivity contribution in [1.82, 2.24) is 15.0 Å². The molecule has 0 spiro atoms. The van der Waals surface area contributed by atoms with Gasteiger partial charge in [-0.25, -0.2) is 4.68 Å². The Morgan fingerprint density at radius 2 is 2.22 bits per heavy atom. The van der Waals surface area contributed by atoms with Gasteiger partial charge in [0.25, 0.3) is 0 Å². The van der Waals surface area contributed by atoms with Crippen molar-refractivity contribution in [3.8, 4) is 11.4 Å². The third-order valence-corrected chi connectivity index (χ3v) is 2.98. The summed E-state index contributed by atoms with van der Waals surface area (Å²) in [7, 11) is 1.61. The highest BCUT2D eigenvalue weighted by molar-refractivity contribution is 6.30. The Morgan fingerprint density at radius 3 is 2.83 bits per heavy atom. The molecule has 18 heavy (non-hydrogen) atoms. The molecule has 2 aromatic rings. The summed E-state index contributed by atoms with van der Waals surface area (Å²) in [5.74, 6) is 0.697. The van der Waals surface area contributed by atoms with E-state index in [4.69, 9.17) is 22.1 Å². The Balaban J connectivity index is 2.60. The number of hydrogen-bond donors (Lipinski definition) is 1. The molecule has 0 radical (unpaired) electrons. The quantitative estimate of drug-likeness (QED) is 0.919. The average molecular weight is 267 g/mol. The van der Waals surface area contributed by atoms with Gasteiger partial charge in [0.05, 0.1) is 18.5 Å². The minimum Gasteiger partial charge on any atom is -0.494 e. The number of nitrogens with two attached hydrogens (primary N) is 1. The molecule has 0 unspecified atom stereocenters. The molecule has 0 aliphatic carbocycles. The van der Waals surface area contributed by atoms with Crippen molar-refractivity contribution < 1.29 is 4.74 Å². The van der Waals surface area contributed by atoms with Crippen LogP contribution in [0.2, 0.25) is 5.02 Å². The van der Waals surface area contributed by atoms with Crippen LogP contribution in [0.1, 0.15) is 18.3 Å². The molecular formula is C12H15ClN4O. The lowest BCUT2D eigenvalue weighted by molar-refractivity contribution is 0.411. The number of ether oxygens (including phenoxy) is 1. The monoisotopic (exact) mass is 266 g/mol. The predicted molar refractivity (Wildman–Crippen MR) is 70.2 cm³/mol. The van der Waals surface area contributed by atoms with Crippen LogP contribution in [0.15, 0.2) is 18.2 Å². The van der Waals surface area contributed by atoms with Crippen LogP contribution in [0.4, 0.5) is 0 Å². The summed E-state index contributed by atoms with van der Waals surface area (Å²) in [5, 5.41) is 8.82. The highest BCUT2D eigenvalue weighted by Crippen LogP contribution is 2.27. The fourth-order valence-corrected chi connectivity index (χ4v) is 2.03. The molecule has 0 amide bonds. The van der Waals surface area contributed by atoms with Gasteiger partial charge in [0, 0.05) is 11.6 Å². The Morgan fingerprint density at radius 1 is 1.44 bits per heavy atom.